The van der Waals surface area contributed by atoms with E-state index in [1.807, 2.05) is 19.9 Å². The number of likely N-dealkylation sites (tertiary alicyclic amines) is 1. The third kappa shape index (κ3) is 2.35. The SMILES string of the molecule is CCS(=O)(=O)C1CN(C(=O)c2nc3nc(C)cc(C)n3n2)C1. The van der Waals surface area contributed by atoms with Crippen molar-refractivity contribution in [2.75, 3.05) is 18.8 Å². The van der Waals surface area contributed by atoms with Gasteiger partial charge in [-0.1, -0.05) is 6.92 Å². The summed E-state index contributed by atoms with van der Waals surface area (Å²) in [7, 11) is -3.10. The molecule has 0 aromatic carbocycles. The molecule has 0 spiro atoms. The first-order valence-corrected chi connectivity index (χ1v) is 8.75. The first-order valence-electron chi connectivity index (χ1n) is 7.03. The highest BCUT2D eigenvalue weighted by Gasteiger charge is 2.40. The van der Waals surface area contributed by atoms with Crippen molar-refractivity contribution in [1.82, 2.24) is 24.5 Å². The number of carbonyl (C=O) groups excluding carboxylic acids is 1. The van der Waals surface area contributed by atoms with E-state index in [9.17, 15) is 13.2 Å². The van der Waals surface area contributed by atoms with Crippen LogP contribution in [-0.4, -0.2) is 62.9 Å². The van der Waals surface area contributed by atoms with Crippen LogP contribution < -0.4 is 0 Å². The smallest absolute Gasteiger partial charge is 0.293 e. The van der Waals surface area contributed by atoms with Crippen molar-refractivity contribution in [3.8, 4) is 0 Å². The van der Waals surface area contributed by atoms with Crippen molar-refractivity contribution in [3.05, 3.63) is 23.3 Å². The van der Waals surface area contributed by atoms with Gasteiger partial charge in [0.15, 0.2) is 9.84 Å². The summed E-state index contributed by atoms with van der Waals surface area (Å²) in [6.45, 7) is 5.73. The van der Waals surface area contributed by atoms with Gasteiger partial charge < -0.3 is 4.90 Å². The molecule has 1 saturated heterocycles. The molecule has 1 aliphatic rings. The zero-order valence-corrected chi connectivity index (χ0v) is 13.5. The molecule has 118 valence electrons. The minimum Gasteiger partial charge on any atom is -0.333 e. The van der Waals surface area contributed by atoms with E-state index in [1.165, 1.54) is 9.42 Å². The minimum absolute atomic E-state index is 0.0496. The first kappa shape index (κ1) is 14.9. The van der Waals surface area contributed by atoms with Crippen LogP contribution in [0.4, 0.5) is 0 Å². The van der Waals surface area contributed by atoms with Gasteiger partial charge >= 0.3 is 0 Å². The number of hydrogen-bond donors (Lipinski definition) is 0. The number of fused-ring (bicyclic) bond motifs is 1. The van der Waals surface area contributed by atoms with Crippen molar-refractivity contribution in [2.24, 2.45) is 0 Å². The molecule has 0 atom stereocenters. The molecule has 2 aromatic rings. The third-order valence-electron chi connectivity index (χ3n) is 3.86. The predicted octanol–water partition coefficient (Wildman–Crippen LogP) is 0.000240. The lowest BCUT2D eigenvalue weighted by molar-refractivity contribution is 0.0646. The Morgan fingerprint density at radius 3 is 2.64 bits per heavy atom. The Morgan fingerprint density at radius 1 is 1.32 bits per heavy atom. The van der Waals surface area contributed by atoms with Crippen molar-refractivity contribution >= 4 is 21.5 Å². The van der Waals surface area contributed by atoms with Crippen LogP contribution in [0, 0.1) is 13.8 Å². The van der Waals surface area contributed by atoms with Crippen LogP contribution in [0.5, 0.6) is 0 Å². The average molecular weight is 323 g/mol. The van der Waals surface area contributed by atoms with Crippen LogP contribution in [0.3, 0.4) is 0 Å². The largest absolute Gasteiger partial charge is 0.333 e. The van der Waals surface area contributed by atoms with Gasteiger partial charge in [0.05, 0.1) is 5.25 Å². The molecule has 1 fully saturated rings. The fourth-order valence-electron chi connectivity index (χ4n) is 2.47. The second kappa shape index (κ2) is 5.01. The molecule has 0 bridgehead atoms. The molecule has 0 unspecified atom stereocenters. The number of amides is 1. The highest BCUT2D eigenvalue weighted by Crippen LogP contribution is 2.19. The number of aromatic nitrogens is 4. The van der Waals surface area contributed by atoms with Gasteiger partial charge in [0.25, 0.3) is 11.7 Å². The minimum atomic E-state index is -3.10. The van der Waals surface area contributed by atoms with Crippen LogP contribution in [0.25, 0.3) is 5.78 Å². The number of hydrogen-bond acceptors (Lipinski definition) is 6. The molecule has 8 nitrogen and oxygen atoms in total. The van der Waals surface area contributed by atoms with E-state index in [0.29, 0.717) is 5.78 Å². The van der Waals surface area contributed by atoms with Gasteiger partial charge in [-0.15, -0.1) is 5.10 Å². The van der Waals surface area contributed by atoms with Crippen molar-refractivity contribution in [1.29, 1.82) is 0 Å². The zero-order valence-electron chi connectivity index (χ0n) is 12.6. The molecule has 9 heteroatoms. The summed E-state index contributed by atoms with van der Waals surface area (Å²) >= 11 is 0. The predicted molar refractivity (Wildman–Crippen MR) is 79.4 cm³/mol. The summed E-state index contributed by atoms with van der Waals surface area (Å²) in [6, 6.07) is 1.85. The Hall–Kier alpha value is -2.03. The van der Waals surface area contributed by atoms with Crippen molar-refractivity contribution in [2.45, 2.75) is 26.0 Å². The molecule has 3 rings (SSSR count). The molecule has 1 aliphatic heterocycles. The fourth-order valence-corrected chi connectivity index (χ4v) is 3.75. The van der Waals surface area contributed by atoms with Gasteiger partial charge in [0.1, 0.15) is 0 Å². The molecule has 0 N–H and O–H groups in total. The molecule has 0 saturated carbocycles. The monoisotopic (exact) mass is 323 g/mol. The molecule has 2 aromatic heterocycles. The molecular weight excluding hydrogens is 306 g/mol. The maximum Gasteiger partial charge on any atom is 0.293 e. The molecule has 22 heavy (non-hydrogen) atoms. The summed E-state index contributed by atoms with van der Waals surface area (Å²) in [4.78, 5) is 22.1. The van der Waals surface area contributed by atoms with Crippen molar-refractivity contribution < 1.29 is 13.2 Å². The number of sulfone groups is 1. The van der Waals surface area contributed by atoms with Crippen LogP contribution >= 0.6 is 0 Å². The third-order valence-corrected chi connectivity index (χ3v) is 5.97. The molecule has 3 heterocycles. The second-order valence-corrected chi connectivity index (χ2v) is 8.04. The fraction of sp³-hybridized carbons (Fsp3) is 0.538. The second-order valence-electron chi connectivity index (χ2n) is 5.47. The molecule has 0 aliphatic carbocycles. The number of carbonyl (C=O) groups is 1. The summed E-state index contributed by atoms with van der Waals surface area (Å²) < 4.78 is 25.0. The van der Waals surface area contributed by atoms with Gasteiger partial charge in [0, 0.05) is 30.2 Å². The van der Waals surface area contributed by atoms with E-state index < -0.39 is 15.1 Å². The summed E-state index contributed by atoms with van der Waals surface area (Å²) in [5, 5.41) is 3.69. The number of nitrogens with zero attached hydrogens (tertiary/aromatic N) is 5. The van der Waals surface area contributed by atoms with Gasteiger partial charge in [0.2, 0.25) is 5.82 Å². The van der Waals surface area contributed by atoms with E-state index in [0.717, 1.165) is 11.4 Å². The van der Waals surface area contributed by atoms with E-state index in [-0.39, 0.29) is 30.6 Å². The molecule has 0 radical (unpaired) electrons. The number of rotatable bonds is 3. The summed E-state index contributed by atoms with van der Waals surface area (Å²) in [6.07, 6.45) is 0. The lowest BCUT2D eigenvalue weighted by Gasteiger charge is -2.37. The Bertz CT molecular complexity index is 852. The highest BCUT2D eigenvalue weighted by molar-refractivity contribution is 7.92. The molecule has 1 amide bonds. The van der Waals surface area contributed by atoms with Crippen LogP contribution in [0.2, 0.25) is 0 Å². The summed E-state index contributed by atoms with van der Waals surface area (Å²) in [5.41, 5.74) is 1.64. The van der Waals surface area contributed by atoms with Gasteiger partial charge in [-0.3, -0.25) is 4.79 Å². The van der Waals surface area contributed by atoms with E-state index in [1.54, 1.807) is 6.92 Å². The Morgan fingerprint density at radius 2 is 2.00 bits per heavy atom. The van der Waals surface area contributed by atoms with E-state index in [2.05, 4.69) is 15.1 Å². The normalized spacial score (nSPS) is 16.0. The Labute approximate surface area is 128 Å². The first-order chi connectivity index (χ1) is 10.3. The quantitative estimate of drug-likeness (QED) is 0.788. The maximum absolute atomic E-state index is 12.3. The molecular formula is C13H17N5O3S. The highest BCUT2D eigenvalue weighted by atomic mass is 32.2. The van der Waals surface area contributed by atoms with E-state index in [4.69, 9.17) is 0 Å². The van der Waals surface area contributed by atoms with Gasteiger partial charge in [-0.05, 0) is 19.9 Å². The average Bonchev–Trinajstić information content (AvgIpc) is 2.80. The number of aryl methyl sites for hydroxylation is 2. The van der Waals surface area contributed by atoms with Crippen molar-refractivity contribution in [3.63, 3.8) is 0 Å². The zero-order chi connectivity index (χ0) is 16.1. The Kier molecular flexibility index (Phi) is 3.39. The lowest BCUT2D eigenvalue weighted by atomic mass is 10.2. The standard InChI is InChI=1S/C13H17N5O3S/c1-4-22(20,21)10-6-17(7-10)12(19)11-15-13-14-8(2)5-9(3)18(13)16-11/h5,10H,4,6-7H2,1-3H3. The van der Waals surface area contributed by atoms with Crippen LogP contribution in [0.15, 0.2) is 6.07 Å². The van der Waals surface area contributed by atoms with Gasteiger partial charge in [-0.25, -0.2) is 17.9 Å². The van der Waals surface area contributed by atoms with Crippen LogP contribution in [0.1, 0.15) is 28.9 Å². The summed E-state index contributed by atoms with van der Waals surface area (Å²) in [5.74, 6) is 0.159. The van der Waals surface area contributed by atoms with E-state index >= 15 is 0 Å². The topological polar surface area (TPSA) is 97.5 Å². The van der Waals surface area contributed by atoms with Gasteiger partial charge in [-0.2, -0.15) is 4.98 Å². The van der Waals surface area contributed by atoms with Crippen LogP contribution in [-0.2, 0) is 9.84 Å². The Balaban J connectivity index is 1.81. The maximum atomic E-state index is 12.3. The lowest BCUT2D eigenvalue weighted by Crippen LogP contribution is -2.57.